The third kappa shape index (κ3) is 3.97. The predicted molar refractivity (Wildman–Crippen MR) is 77.1 cm³/mol. The van der Waals surface area contributed by atoms with Crippen molar-refractivity contribution in [1.82, 2.24) is 0 Å². The van der Waals surface area contributed by atoms with Gasteiger partial charge in [-0.3, -0.25) is 9.59 Å². The van der Waals surface area contributed by atoms with Crippen molar-refractivity contribution < 1.29 is 0 Å². The van der Waals surface area contributed by atoms with E-state index in [9.17, 15) is 9.59 Å². The van der Waals surface area contributed by atoms with Crippen LogP contribution in [0.3, 0.4) is 0 Å². The highest BCUT2D eigenvalue weighted by atomic mass is 16.2. The number of rotatable bonds is 7. The van der Waals surface area contributed by atoms with Gasteiger partial charge >= 0.3 is 0 Å². The number of hydrogen-bond donors (Lipinski definition) is 1. The maximum atomic E-state index is 11.4. The van der Waals surface area contributed by atoms with Crippen LogP contribution >= 0.6 is 0 Å². The molecule has 0 unspecified atom stereocenters. The Morgan fingerprint density at radius 3 is 2.22 bits per heavy atom. The number of nitrogens with one attached hydrogen (secondary N) is 1. The van der Waals surface area contributed by atoms with E-state index in [-0.39, 0.29) is 10.9 Å². The van der Waals surface area contributed by atoms with Gasteiger partial charge in [0.25, 0.3) is 0 Å². The first kappa shape index (κ1) is 14.9. The fraction of sp³-hybridized carbons (Fsp3) is 0.733. The lowest BCUT2D eigenvalue weighted by atomic mass is 9.89. The third-order valence-electron chi connectivity index (χ3n) is 3.22. The summed E-state index contributed by atoms with van der Waals surface area (Å²) in [6.07, 6.45) is 5.27. The van der Waals surface area contributed by atoms with Crippen molar-refractivity contribution in [2.24, 2.45) is 5.41 Å². The second-order valence-electron chi connectivity index (χ2n) is 6.16. The standard InChI is InChI=1S/C15H25NO2/c1-5-16-12-11(13(17)14(12)18)9-7-6-8-10-15(2,3)4/h16H,5-10H2,1-4H3. The topological polar surface area (TPSA) is 46.2 Å². The van der Waals surface area contributed by atoms with Crippen LogP contribution in [0, 0.1) is 5.41 Å². The molecule has 3 heteroatoms. The van der Waals surface area contributed by atoms with Crippen molar-refractivity contribution in [3.8, 4) is 0 Å². The highest BCUT2D eigenvalue weighted by Gasteiger charge is 2.19. The van der Waals surface area contributed by atoms with Gasteiger partial charge in [-0.1, -0.05) is 33.6 Å². The van der Waals surface area contributed by atoms with Gasteiger partial charge in [0.2, 0.25) is 10.9 Å². The molecule has 0 heterocycles. The van der Waals surface area contributed by atoms with Crippen LogP contribution in [0.1, 0.15) is 58.9 Å². The summed E-state index contributed by atoms with van der Waals surface area (Å²) >= 11 is 0. The predicted octanol–water partition coefficient (Wildman–Crippen LogP) is 2.86. The zero-order valence-corrected chi connectivity index (χ0v) is 12.1. The van der Waals surface area contributed by atoms with Crippen LogP contribution in [-0.4, -0.2) is 6.54 Å². The maximum Gasteiger partial charge on any atom is 0.249 e. The van der Waals surface area contributed by atoms with Crippen LogP contribution < -0.4 is 16.2 Å². The first-order chi connectivity index (χ1) is 8.37. The van der Waals surface area contributed by atoms with E-state index in [0.29, 0.717) is 17.6 Å². The third-order valence-corrected chi connectivity index (χ3v) is 3.22. The Kier molecular flexibility index (Phi) is 5.12. The van der Waals surface area contributed by atoms with Crippen LogP contribution in [0.15, 0.2) is 9.59 Å². The van der Waals surface area contributed by atoms with Crippen LogP contribution in [0.25, 0.3) is 0 Å². The van der Waals surface area contributed by atoms with Gasteiger partial charge in [-0.25, -0.2) is 0 Å². The Morgan fingerprint density at radius 2 is 1.67 bits per heavy atom. The quantitative estimate of drug-likeness (QED) is 0.598. The summed E-state index contributed by atoms with van der Waals surface area (Å²) in [6, 6.07) is 0. The largest absolute Gasteiger partial charge is 0.382 e. The summed E-state index contributed by atoms with van der Waals surface area (Å²) in [4.78, 5) is 22.7. The van der Waals surface area contributed by atoms with E-state index in [1.807, 2.05) is 6.92 Å². The Hall–Kier alpha value is -1.12. The van der Waals surface area contributed by atoms with Crippen LogP contribution in [0.4, 0.5) is 5.69 Å². The molecule has 0 amide bonds. The minimum absolute atomic E-state index is 0.276. The average molecular weight is 251 g/mol. The molecule has 18 heavy (non-hydrogen) atoms. The maximum absolute atomic E-state index is 11.4. The molecule has 1 N–H and O–H groups in total. The molecule has 1 aromatic carbocycles. The summed E-state index contributed by atoms with van der Waals surface area (Å²) < 4.78 is 0. The van der Waals surface area contributed by atoms with Crippen molar-refractivity contribution in [2.75, 3.05) is 11.9 Å². The normalized spacial score (nSPS) is 12.0. The van der Waals surface area contributed by atoms with Gasteiger partial charge in [-0.2, -0.15) is 0 Å². The Labute approximate surface area is 109 Å². The van der Waals surface area contributed by atoms with Gasteiger partial charge in [0, 0.05) is 12.1 Å². The fourth-order valence-electron chi connectivity index (χ4n) is 2.17. The molecule has 0 aromatic heterocycles. The fourth-order valence-corrected chi connectivity index (χ4v) is 2.17. The second-order valence-corrected chi connectivity index (χ2v) is 6.16. The van der Waals surface area contributed by atoms with Crippen molar-refractivity contribution in [2.45, 2.75) is 59.8 Å². The molecule has 3 nitrogen and oxygen atoms in total. The molecule has 0 aliphatic rings. The molecular weight excluding hydrogens is 226 g/mol. The Morgan fingerprint density at radius 1 is 1.00 bits per heavy atom. The molecule has 1 rings (SSSR count). The summed E-state index contributed by atoms with van der Waals surface area (Å²) in [5.41, 5.74) is 1.07. The van der Waals surface area contributed by atoms with Crippen LogP contribution in [0.5, 0.6) is 0 Å². The van der Waals surface area contributed by atoms with E-state index in [0.717, 1.165) is 24.8 Å². The summed E-state index contributed by atoms with van der Waals surface area (Å²) in [5, 5.41) is 2.99. The molecule has 0 saturated carbocycles. The average Bonchev–Trinajstić information content (AvgIpc) is 2.29. The molecule has 0 bridgehead atoms. The minimum Gasteiger partial charge on any atom is -0.382 e. The number of unbranched alkanes of at least 4 members (excludes halogenated alkanes) is 2. The van der Waals surface area contributed by atoms with Gasteiger partial charge < -0.3 is 5.32 Å². The van der Waals surface area contributed by atoms with E-state index < -0.39 is 0 Å². The molecule has 0 aliphatic carbocycles. The van der Waals surface area contributed by atoms with Crippen molar-refractivity contribution in [1.29, 1.82) is 0 Å². The lowest BCUT2D eigenvalue weighted by molar-refractivity contribution is 0.358. The summed E-state index contributed by atoms with van der Waals surface area (Å²) in [6.45, 7) is 9.36. The highest BCUT2D eigenvalue weighted by molar-refractivity contribution is 5.56. The van der Waals surface area contributed by atoms with Gasteiger partial charge in [0.05, 0.1) is 5.69 Å². The molecule has 0 aliphatic heterocycles. The SMILES string of the molecule is CCNc1c(CCCCCC(C)(C)C)c(=O)c1=O. The molecule has 0 fully saturated rings. The molecule has 1 aromatic rings. The van der Waals surface area contributed by atoms with Crippen molar-refractivity contribution in [3.63, 3.8) is 0 Å². The summed E-state index contributed by atoms with van der Waals surface area (Å²) in [7, 11) is 0. The molecular formula is C15H25NO2. The van der Waals surface area contributed by atoms with E-state index in [2.05, 4.69) is 26.1 Å². The van der Waals surface area contributed by atoms with E-state index in [4.69, 9.17) is 0 Å². The molecule has 102 valence electrons. The van der Waals surface area contributed by atoms with E-state index >= 15 is 0 Å². The monoisotopic (exact) mass is 251 g/mol. The molecule has 0 radical (unpaired) electrons. The zero-order chi connectivity index (χ0) is 13.8. The van der Waals surface area contributed by atoms with E-state index in [1.165, 1.54) is 12.8 Å². The smallest absolute Gasteiger partial charge is 0.249 e. The van der Waals surface area contributed by atoms with Crippen LogP contribution in [-0.2, 0) is 6.42 Å². The minimum atomic E-state index is -0.332. The molecule has 0 saturated heterocycles. The highest BCUT2D eigenvalue weighted by Crippen LogP contribution is 2.22. The molecule has 0 atom stereocenters. The lowest BCUT2D eigenvalue weighted by Gasteiger charge is -2.17. The van der Waals surface area contributed by atoms with Gasteiger partial charge in [-0.05, 0) is 31.6 Å². The molecule has 0 spiro atoms. The van der Waals surface area contributed by atoms with Crippen molar-refractivity contribution >= 4 is 5.69 Å². The van der Waals surface area contributed by atoms with Crippen LogP contribution in [0.2, 0.25) is 0 Å². The Balaban J connectivity index is 2.34. The number of hydrogen-bond acceptors (Lipinski definition) is 3. The van der Waals surface area contributed by atoms with Crippen molar-refractivity contribution in [3.05, 3.63) is 26.0 Å². The summed E-state index contributed by atoms with van der Waals surface area (Å²) in [5.74, 6) is 0. The number of anilines is 1. The zero-order valence-electron chi connectivity index (χ0n) is 12.1. The Bertz CT molecular complexity index is 448. The van der Waals surface area contributed by atoms with E-state index in [1.54, 1.807) is 0 Å². The lowest BCUT2D eigenvalue weighted by Crippen LogP contribution is -2.38. The first-order valence-corrected chi connectivity index (χ1v) is 6.93. The van der Waals surface area contributed by atoms with Gasteiger partial charge in [-0.15, -0.1) is 0 Å². The van der Waals surface area contributed by atoms with Gasteiger partial charge in [0.15, 0.2) is 0 Å². The second kappa shape index (κ2) is 6.17. The first-order valence-electron chi connectivity index (χ1n) is 6.93. The van der Waals surface area contributed by atoms with Gasteiger partial charge in [0.1, 0.15) is 0 Å².